The number of likely N-dealkylation sites (tertiary alicyclic amines) is 1. The van der Waals surface area contributed by atoms with Gasteiger partial charge >= 0.3 is 0 Å². The average molecular weight is 434 g/mol. The number of aromatic nitrogens is 3. The van der Waals surface area contributed by atoms with Gasteiger partial charge in [0.1, 0.15) is 6.61 Å². The summed E-state index contributed by atoms with van der Waals surface area (Å²) in [7, 11) is 1.65. The van der Waals surface area contributed by atoms with Crippen molar-refractivity contribution in [2.45, 2.75) is 19.3 Å². The number of hydrogen-bond donors (Lipinski definition) is 0. The van der Waals surface area contributed by atoms with Gasteiger partial charge in [0.15, 0.2) is 11.6 Å². The van der Waals surface area contributed by atoms with Crippen molar-refractivity contribution >= 4 is 23.9 Å². The van der Waals surface area contributed by atoms with E-state index in [0.717, 1.165) is 38.0 Å². The molecule has 0 saturated carbocycles. The summed E-state index contributed by atoms with van der Waals surface area (Å²) >= 11 is 0. The molecule has 0 bridgehead atoms. The number of fused-ring (bicyclic) bond motifs is 1. The third kappa shape index (κ3) is 4.08. The fraction of sp³-hybridized carbons (Fsp3) is 0.333. The van der Waals surface area contributed by atoms with Crippen molar-refractivity contribution in [2.75, 3.05) is 31.1 Å². The summed E-state index contributed by atoms with van der Waals surface area (Å²) in [4.78, 5) is 38.0. The Hall–Kier alpha value is -3.68. The Bertz CT molecular complexity index is 1140. The molecule has 2 aromatic heterocycles. The monoisotopic (exact) mass is 433 g/mol. The van der Waals surface area contributed by atoms with Crippen molar-refractivity contribution in [3.05, 3.63) is 70.7 Å². The maximum Gasteiger partial charge on any atom is 0.260 e. The first-order chi connectivity index (χ1) is 15.5. The number of rotatable bonds is 5. The Morgan fingerprint density at radius 3 is 2.66 bits per heavy atom. The molecule has 4 rings (SSSR count). The van der Waals surface area contributed by atoms with Crippen LogP contribution in [0.1, 0.15) is 40.9 Å². The van der Waals surface area contributed by atoms with Crippen molar-refractivity contribution in [3.63, 3.8) is 0 Å². The first-order valence-corrected chi connectivity index (χ1v) is 10.8. The van der Waals surface area contributed by atoms with Gasteiger partial charge in [0.25, 0.3) is 11.5 Å². The van der Waals surface area contributed by atoms with E-state index in [1.807, 2.05) is 9.80 Å². The lowest BCUT2D eigenvalue weighted by Gasteiger charge is -2.31. The van der Waals surface area contributed by atoms with Crippen LogP contribution in [-0.4, -0.2) is 51.6 Å². The number of amides is 1. The highest BCUT2D eigenvalue weighted by atomic mass is 16.5. The van der Waals surface area contributed by atoms with Crippen LogP contribution in [0.15, 0.2) is 48.3 Å². The quantitative estimate of drug-likeness (QED) is 0.675. The summed E-state index contributed by atoms with van der Waals surface area (Å²) in [5, 5.41) is 0. The van der Waals surface area contributed by atoms with E-state index in [2.05, 4.69) is 23.1 Å². The van der Waals surface area contributed by atoms with Gasteiger partial charge in [0.05, 0.1) is 29.7 Å². The summed E-state index contributed by atoms with van der Waals surface area (Å²) in [5.41, 5.74) is 1.99. The lowest BCUT2D eigenvalue weighted by atomic mass is 10.1. The van der Waals surface area contributed by atoms with Crippen LogP contribution in [0, 0.1) is 0 Å². The van der Waals surface area contributed by atoms with Gasteiger partial charge in [0.2, 0.25) is 0 Å². The molecule has 8 heteroatoms. The van der Waals surface area contributed by atoms with E-state index >= 15 is 0 Å². The zero-order valence-corrected chi connectivity index (χ0v) is 18.3. The van der Waals surface area contributed by atoms with E-state index in [1.54, 1.807) is 31.5 Å². The minimum atomic E-state index is -0.175. The molecule has 1 saturated heterocycles. The lowest BCUT2D eigenvalue weighted by Crippen LogP contribution is -2.36. The predicted molar refractivity (Wildman–Crippen MR) is 125 cm³/mol. The van der Waals surface area contributed by atoms with Crippen molar-refractivity contribution in [2.24, 2.45) is 7.05 Å². The molecule has 0 aromatic carbocycles. The second-order valence-electron chi connectivity index (χ2n) is 7.84. The second kappa shape index (κ2) is 9.21. The summed E-state index contributed by atoms with van der Waals surface area (Å²) < 4.78 is 7.25. The molecule has 1 amide bonds. The number of ether oxygens (including phenoxy) is 1. The van der Waals surface area contributed by atoms with Gasteiger partial charge in [-0.1, -0.05) is 19.2 Å². The van der Waals surface area contributed by atoms with E-state index in [9.17, 15) is 9.59 Å². The number of nitrogens with zero attached hydrogens (tertiary/aromatic N) is 5. The Balaban J connectivity index is 1.67. The zero-order chi connectivity index (χ0) is 22.7. The molecule has 0 unspecified atom stereocenters. The number of piperidine rings is 1. The van der Waals surface area contributed by atoms with E-state index in [-0.39, 0.29) is 11.5 Å². The highest BCUT2D eigenvalue weighted by molar-refractivity contribution is 5.95. The fourth-order valence-electron chi connectivity index (χ4n) is 4.01. The molecule has 2 aliphatic rings. The molecular weight excluding hydrogens is 406 g/mol. The molecule has 0 N–H and O–H groups in total. The number of pyridine rings is 1. The van der Waals surface area contributed by atoms with E-state index in [1.165, 1.54) is 17.0 Å². The second-order valence-corrected chi connectivity index (χ2v) is 7.84. The van der Waals surface area contributed by atoms with Gasteiger partial charge in [-0.05, 0) is 37.5 Å². The van der Waals surface area contributed by atoms with Crippen molar-refractivity contribution in [3.8, 4) is 5.75 Å². The SMILES string of the molecule is C=C/C(=C\c1ncn(C)c(=O)c1C=C)N1CCOc2cc(C(=O)N3CCCCC3)cnc21. The van der Waals surface area contributed by atoms with E-state index in [0.29, 0.717) is 41.5 Å². The molecule has 0 radical (unpaired) electrons. The number of hydrogen-bond acceptors (Lipinski definition) is 6. The van der Waals surface area contributed by atoms with Crippen LogP contribution in [0.25, 0.3) is 12.2 Å². The molecule has 1 fully saturated rings. The van der Waals surface area contributed by atoms with Gasteiger partial charge < -0.3 is 19.1 Å². The van der Waals surface area contributed by atoms with Crippen molar-refractivity contribution < 1.29 is 9.53 Å². The van der Waals surface area contributed by atoms with Crippen LogP contribution >= 0.6 is 0 Å². The molecule has 0 atom stereocenters. The summed E-state index contributed by atoms with van der Waals surface area (Å²) in [6.45, 7) is 10.2. The third-order valence-electron chi connectivity index (χ3n) is 5.76. The smallest absolute Gasteiger partial charge is 0.260 e. The summed E-state index contributed by atoms with van der Waals surface area (Å²) in [6, 6.07) is 1.76. The van der Waals surface area contributed by atoms with Crippen LogP contribution in [0.3, 0.4) is 0 Å². The maximum absolute atomic E-state index is 12.9. The van der Waals surface area contributed by atoms with Gasteiger partial charge in [0, 0.05) is 32.0 Å². The third-order valence-corrected chi connectivity index (χ3v) is 5.76. The first-order valence-electron chi connectivity index (χ1n) is 10.8. The Kier molecular flexibility index (Phi) is 6.20. The Morgan fingerprint density at radius 2 is 1.94 bits per heavy atom. The molecule has 2 aromatic rings. The molecule has 166 valence electrons. The molecule has 0 aliphatic carbocycles. The largest absolute Gasteiger partial charge is 0.488 e. The van der Waals surface area contributed by atoms with Crippen LogP contribution < -0.4 is 15.2 Å². The Labute approximate surface area is 187 Å². The number of allylic oxidation sites excluding steroid dienone is 1. The molecule has 2 aliphatic heterocycles. The topological polar surface area (TPSA) is 80.6 Å². The summed E-state index contributed by atoms with van der Waals surface area (Å²) in [6.07, 6.45) is 11.3. The normalized spacial score (nSPS) is 16.2. The van der Waals surface area contributed by atoms with E-state index in [4.69, 9.17) is 4.74 Å². The molecule has 32 heavy (non-hydrogen) atoms. The van der Waals surface area contributed by atoms with E-state index < -0.39 is 0 Å². The Morgan fingerprint density at radius 1 is 1.16 bits per heavy atom. The number of carbonyl (C=O) groups is 1. The number of carbonyl (C=O) groups excluding carboxylic acids is 1. The van der Waals surface area contributed by atoms with Gasteiger partial charge in [-0.15, -0.1) is 0 Å². The molecule has 4 heterocycles. The molecule has 8 nitrogen and oxygen atoms in total. The van der Waals surface area contributed by atoms with Crippen LogP contribution in [0.5, 0.6) is 5.75 Å². The van der Waals surface area contributed by atoms with Crippen LogP contribution in [-0.2, 0) is 7.05 Å². The lowest BCUT2D eigenvalue weighted by molar-refractivity contribution is 0.0723. The highest BCUT2D eigenvalue weighted by Crippen LogP contribution is 2.33. The van der Waals surface area contributed by atoms with Crippen molar-refractivity contribution in [1.29, 1.82) is 0 Å². The molecular formula is C24H27N5O3. The van der Waals surface area contributed by atoms with Gasteiger partial charge in [-0.2, -0.15) is 0 Å². The predicted octanol–water partition coefficient (Wildman–Crippen LogP) is 2.87. The number of anilines is 1. The van der Waals surface area contributed by atoms with Crippen LogP contribution in [0.2, 0.25) is 0 Å². The standard InChI is InChI=1S/C24H27N5O3/c1-4-18(14-20-19(5-2)24(31)27(3)16-26-20)29-11-12-32-21-13-17(15-25-22(21)29)23(30)28-9-7-6-8-10-28/h4-5,13-16H,1-2,6-12H2,3H3/b18-14+. The van der Waals surface area contributed by atoms with Gasteiger partial charge in [-0.25, -0.2) is 9.97 Å². The van der Waals surface area contributed by atoms with Gasteiger partial charge in [-0.3, -0.25) is 9.59 Å². The first kappa shape index (κ1) is 21.5. The van der Waals surface area contributed by atoms with Crippen molar-refractivity contribution in [1.82, 2.24) is 19.4 Å². The fourth-order valence-corrected chi connectivity index (χ4v) is 4.01. The maximum atomic E-state index is 12.9. The van der Waals surface area contributed by atoms with Crippen LogP contribution in [0.4, 0.5) is 5.82 Å². The molecule has 0 spiro atoms. The highest BCUT2D eigenvalue weighted by Gasteiger charge is 2.25. The zero-order valence-electron chi connectivity index (χ0n) is 18.3. The minimum Gasteiger partial charge on any atom is -0.488 e. The summed E-state index contributed by atoms with van der Waals surface area (Å²) in [5.74, 6) is 1.13. The minimum absolute atomic E-state index is 0.0137. The average Bonchev–Trinajstić information content (AvgIpc) is 2.84. The number of aryl methyl sites for hydroxylation is 1.